The minimum absolute atomic E-state index is 0.659. The van der Waals surface area contributed by atoms with Crippen LogP contribution in [0.2, 0.25) is 5.15 Å². The third-order valence-electron chi connectivity index (χ3n) is 3.58. The van der Waals surface area contributed by atoms with Crippen molar-refractivity contribution in [3.8, 4) is 0 Å². The molecule has 20 heavy (non-hydrogen) atoms. The number of halogens is 1. The fraction of sp³-hybridized carbons (Fsp3) is 0.267. The quantitative estimate of drug-likeness (QED) is 0.801. The molecular weight excluding hydrogens is 272 g/mol. The van der Waals surface area contributed by atoms with Gasteiger partial charge in [-0.15, -0.1) is 0 Å². The number of fused-ring (bicyclic) bond motifs is 1. The summed E-state index contributed by atoms with van der Waals surface area (Å²) in [7, 11) is 3.90. The lowest BCUT2D eigenvalue weighted by Crippen LogP contribution is -2.06. The van der Waals surface area contributed by atoms with Crippen LogP contribution in [0.25, 0.3) is 10.9 Å². The van der Waals surface area contributed by atoms with Crippen molar-refractivity contribution in [2.45, 2.75) is 13.1 Å². The predicted octanol–water partition coefficient (Wildman–Crippen LogP) is 2.80. The van der Waals surface area contributed by atoms with Crippen molar-refractivity contribution < 1.29 is 0 Å². The molecule has 1 aromatic carbocycles. The Morgan fingerprint density at radius 1 is 1.30 bits per heavy atom. The minimum atomic E-state index is 0.659. The topological polar surface area (TPSA) is 34.8 Å². The number of nitrogens with one attached hydrogen (secondary N) is 1. The molecule has 0 saturated carbocycles. The third kappa shape index (κ3) is 2.21. The number of hydrogen-bond acceptors (Lipinski definition) is 2. The molecule has 4 nitrogen and oxygen atoms in total. The zero-order valence-electron chi connectivity index (χ0n) is 11.6. The number of para-hydroxylation sites is 1. The average molecular weight is 289 g/mol. The van der Waals surface area contributed by atoms with E-state index < -0.39 is 0 Å². The molecule has 104 valence electrons. The van der Waals surface area contributed by atoms with E-state index in [0.717, 1.165) is 12.4 Å². The molecular formula is C15H17ClN4. The lowest BCUT2D eigenvalue weighted by molar-refractivity contribution is 0.713. The van der Waals surface area contributed by atoms with Gasteiger partial charge >= 0.3 is 0 Å². The molecule has 2 aromatic heterocycles. The van der Waals surface area contributed by atoms with E-state index in [4.69, 9.17) is 11.6 Å². The minimum Gasteiger partial charge on any atom is -0.340 e. The van der Waals surface area contributed by atoms with Crippen LogP contribution in [0.5, 0.6) is 0 Å². The highest BCUT2D eigenvalue weighted by molar-refractivity contribution is 6.29. The van der Waals surface area contributed by atoms with Crippen LogP contribution in [0.3, 0.4) is 0 Å². The summed E-state index contributed by atoms with van der Waals surface area (Å²) < 4.78 is 4.13. The smallest absolute Gasteiger partial charge is 0.129 e. The number of hydrogen-bond donors (Lipinski definition) is 1. The van der Waals surface area contributed by atoms with E-state index in [1.165, 1.54) is 16.5 Å². The molecule has 0 aliphatic rings. The summed E-state index contributed by atoms with van der Waals surface area (Å²) >= 11 is 6.05. The van der Waals surface area contributed by atoms with Crippen molar-refractivity contribution in [1.82, 2.24) is 19.4 Å². The van der Waals surface area contributed by atoms with Gasteiger partial charge in [0.05, 0.1) is 12.7 Å². The SMILES string of the molecule is CNCc1cn(Cc2ncc(Cl)n2C)c2ccccc12. The second kappa shape index (κ2) is 5.31. The molecule has 0 aliphatic carbocycles. The summed E-state index contributed by atoms with van der Waals surface area (Å²) in [6, 6.07) is 8.43. The summed E-state index contributed by atoms with van der Waals surface area (Å²) in [6.07, 6.45) is 3.88. The van der Waals surface area contributed by atoms with Crippen molar-refractivity contribution in [3.63, 3.8) is 0 Å². The maximum absolute atomic E-state index is 6.05. The van der Waals surface area contributed by atoms with Crippen molar-refractivity contribution in [3.05, 3.63) is 53.2 Å². The van der Waals surface area contributed by atoms with E-state index >= 15 is 0 Å². The summed E-state index contributed by atoms with van der Waals surface area (Å²) in [5.74, 6) is 0.951. The fourth-order valence-corrected chi connectivity index (χ4v) is 2.65. The van der Waals surface area contributed by atoms with E-state index in [-0.39, 0.29) is 0 Å². The Morgan fingerprint density at radius 3 is 2.80 bits per heavy atom. The molecule has 3 rings (SSSR count). The number of imidazole rings is 1. The van der Waals surface area contributed by atoms with Crippen molar-refractivity contribution >= 4 is 22.5 Å². The van der Waals surface area contributed by atoms with Gasteiger partial charge in [-0.3, -0.25) is 0 Å². The highest BCUT2D eigenvalue weighted by Gasteiger charge is 2.10. The van der Waals surface area contributed by atoms with Gasteiger partial charge < -0.3 is 14.5 Å². The molecule has 0 spiro atoms. The monoisotopic (exact) mass is 288 g/mol. The number of benzene rings is 1. The Labute approximate surface area is 123 Å². The summed E-state index contributed by atoms with van der Waals surface area (Å²) in [6.45, 7) is 1.57. The van der Waals surface area contributed by atoms with Crippen LogP contribution in [0.1, 0.15) is 11.4 Å². The molecule has 0 fully saturated rings. The first-order chi connectivity index (χ1) is 9.70. The molecule has 0 radical (unpaired) electrons. The molecule has 2 heterocycles. The maximum atomic E-state index is 6.05. The maximum Gasteiger partial charge on any atom is 0.129 e. The van der Waals surface area contributed by atoms with Gasteiger partial charge in [0, 0.05) is 30.7 Å². The molecule has 1 N–H and O–H groups in total. The van der Waals surface area contributed by atoms with Crippen LogP contribution >= 0.6 is 11.6 Å². The van der Waals surface area contributed by atoms with Gasteiger partial charge in [-0.2, -0.15) is 0 Å². The molecule has 0 saturated heterocycles. The Hall–Kier alpha value is -1.78. The van der Waals surface area contributed by atoms with Crippen LogP contribution in [0.4, 0.5) is 0 Å². The normalized spacial score (nSPS) is 11.3. The number of rotatable bonds is 4. The first-order valence-corrected chi connectivity index (χ1v) is 6.96. The lowest BCUT2D eigenvalue weighted by Gasteiger charge is -2.05. The summed E-state index contributed by atoms with van der Waals surface area (Å²) in [5, 5.41) is 5.15. The average Bonchev–Trinajstić information content (AvgIpc) is 2.96. The van der Waals surface area contributed by atoms with Crippen LogP contribution in [0.15, 0.2) is 36.7 Å². The Morgan fingerprint density at radius 2 is 2.10 bits per heavy atom. The fourth-order valence-electron chi connectivity index (χ4n) is 2.51. The van der Waals surface area contributed by atoms with Crippen LogP contribution in [0, 0.1) is 0 Å². The van der Waals surface area contributed by atoms with Crippen LogP contribution in [-0.4, -0.2) is 21.2 Å². The van der Waals surface area contributed by atoms with E-state index in [0.29, 0.717) is 11.7 Å². The molecule has 0 atom stereocenters. The molecule has 0 aliphatic heterocycles. The van der Waals surface area contributed by atoms with E-state index in [1.807, 2.05) is 18.7 Å². The van der Waals surface area contributed by atoms with Gasteiger partial charge in [-0.25, -0.2) is 4.98 Å². The predicted molar refractivity (Wildman–Crippen MR) is 82.0 cm³/mol. The standard InChI is InChI=1S/C15H17ClN4/c1-17-7-11-9-20(13-6-4-3-5-12(11)13)10-15-18-8-14(16)19(15)2/h3-6,8-9,17H,7,10H2,1-2H3. The van der Waals surface area contributed by atoms with E-state index in [2.05, 4.69) is 45.3 Å². The highest BCUT2D eigenvalue weighted by Crippen LogP contribution is 2.22. The van der Waals surface area contributed by atoms with Gasteiger partial charge in [0.2, 0.25) is 0 Å². The highest BCUT2D eigenvalue weighted by atomic mass is 35.5. The molecule has 0 bridgehead atoms. The van der Waals surface area contributed by atoms with E-state index in [9.17, 15) is 0 Å². The Kier molecular flexibility index (Phi) is 3.51. The van der Waals surface area contributed by atoms with Gasteiger partial charge in [0.25, 0.3) is 0 Å². The van der Waals surface area contributed by atoms with E-state index in [1.54, 1.807) is 6.20 Å². The number of nitrogens with zero attached hydrogens (tertiary/aromatic N) is 3. The zero-order chi connectivity index (χ0) is 14.1. The first kappa shape index (κ1) is 13.2. The largest absolute Gasteiger partial charge is 0.340 e. The zero-order valence-corrected chi connectivity index (χ0v) is 12.4. The second-order valence-electron chi connectivity index (χ2n) is 4.89. The van der Waals surface area contributed by atoms with Gasteiger partial charge in [0.1, 0.15) is 11.0 Å². The number of aromatic nitrogens is 3. The Bertz CT molecular complexity index is 741. The van der Waals surface area contributed by atoms with Crippen LogP contribution < -0.4 is 5.32 Å². The van der Waals surface area contributed by atoms with Crippen molar-refractivity contribution in [1.29, 1.82) is 0 Å². The van der Waals surface area contributed by atoms with Crippen molar-refractivity contribution in [2.75, 3.05) is 7.05 Å². The molecule has 0 unspecified atom stereocenters. The van der Waals surface area contributed by atoms with Crippen LogP contribution in [-0.2, 0) is 20.1 Å². The summed E-state index contributed by atoms with van der Waals surface area (Å²) in [4.78, 5) is 4.37. The Balaban J connectivity index is 2.05. The van der Waals surface area contributed by atoms with Gasteiger partial charge in [-0.1, -0.05) is 29.8 Å². The van der Waals surface area contributed by atoms with Crippen molar-refractivity contribution in [2.24, 2.45) is 7.05 Å². The molecule has 5 heteroatoms. The molecule has 3 aromatic rings. The summed E-state index contributed by atoms with van der Waals surface area (Å²) in [5.41, 5.74) is 2.51. The first-order valence-electron chi connectivity index (χ1n) is 6.58. The van der Waals surface area contributed by atoms with Gasteiger partial charge in [0.15, 0.2) is 0 Å². The third-order valence-corrected chi connectivity index (χ3v) is 3.93. The lowest BCUT2D eigenvalue weighted by atomic mass is 10.2. The van der Waals surface area contributed by atoms with Gasteiger partial charge in [-0.05, 0) is 18.7 Å². The second-order valence-corrected chi connectivity index (χ2v) is 5.27. The molecule has 0 amide bonds.